The van der Waals surface area contributed by atoms with Crippen LogP contribution >= 0.6 is 15.9 Å². The van der Waals surface area contributed by atoms with Gasteiger partial charge in [0.2, 0.25) is 5.91 Å². The molecule has 2 N–H and O–H groups in total. The van der Waals surface area contributed by atoms with Gasteiger partial charge in [-0.2, -0.15) is 0 Å². The summed E-state index contributed by atoms with van der Waals surface area (Å²) in [5.41, 5.74) is -0.167. The molecule has 0 heterocycles. The quantitative estimate of drug-likeness (QED) is 0.775. The number of benzene rings is 1. The highest BCUT2D eigenvalue weighted by Gasteiger charge is 2.49. The van der Waals surface area contributed by atoms with E-state index in [1.807, 2.05) is 0 Å². The van der Waals surface area contributed by atoms with E-state index in [9.17, 15) is 19.2 Å². The van der Waals surface area contributed by atoms with Crippen molar-refractivity contribution in [3.63, 3.8) is 0 Å². The van der Waals surface area contributed by atoms with Gasteiger partial charge in [-0.05, 0) is 44.5 Å². The van der Waals surface area contributed by atoms with Crippen molar-refractivity contribution in [2.75, 3.05) is 0 Å². The zero-order valence-corrected chi connectivity index (χ0v) is 14.4. The average Bonchev–Trinajstić information content (AvgIpc) is 2.45. The SMILES string of the molecule is C[C@H](NC(=O)C1C(=O)c2ccc(Br)cc2C(C)(C)C1=O)C(=O)O. The van der Waals surface area contributed by atoms with Gasteiger partial charge in [0, 0.05) is 10.0 Å². The highest BCUT2D eigenvalue weighted by Crippen LogP contribution is 2.38. The maximum absolute atomic E-state index is 12.7. The van der Waals surface area contributed by atoms with Gasteiger partial charge in [-0.25, -0.2) is 0 Å². The Morgan fingerprint density at radius 1 is 1.30 bits per heavy atom. The van der Waals surface area contributed by atoms with Crippen LogP contribution in [0.2, 0.25) is 0 Å². The largest absolute Gasteiger partial charge is 0.480 e. The fourth-order valence-corrected chi connectivity index (χ4v) is 2.97. The first-order valence-corrected chi connectivity index (χ1v) is 7.78. The molecular weight excluding hydrogens is 366 g/mol. The minimum Gasteiger partial charge on any atom is -0.480 e. The Kier molecular flexibility index (Phi) is 4.43. The molecule has 1 aromatic rings. The Morgan fingerprint density at radius 3 is 2.48 bits per heavy atom. The lowest BCUT2D eigenvalue weighted by Crippen LogP contribution is -2.53. The Labute approximate surface area is 141 Å². The summed E-state index contributed by atoms with van der Waals surface area (Å²) >= 11 is 3.31. The van der Waals surface area contributed by atoms with Gasteiger partial charge in [0.1, 0.15) is 6.04 Å². The summed E-state index contributed by atoms with van der Waals surface area (Å²) in [6.45, 7) is 4.57. The third-order valence-electron chi connectivity index (χ3n) is 4.05. The number of amides is 1. The molecule has 1 unspecified atom stereocenters. The van der Waals surface area contributed by atoms with E-state index in [4.69, 9.17) is 5.11 Å². The van der Waals surface area contributed by atoms with Crippen LogP contribution in [0.4, 0.5) is 0 Å². The first-order chi connectivity index (χ1) is 10.6. The van der Waals surface area contributed by atoms with Crippen LogP contribution in [0.3, 0.4) is 0 Å². The number of nitrogens with one attached hydrogen (secondary N) is 1. The smallest absolute Gasteiger partial charge is 0.325 e. The standard InChI is InChI=1S/C16H16BrNO5/c1-7(15(22)23)18-14(21)11-12(19)9-5-4-8(17)6-10(9)16(2,3)13(11)20/h4-7,11H,1-3H3,(H,18,21)(H,22,23)/t7-,11?/m0/s1. The molecule has 122 valence electrons. The molecular formula is C16H16BrNO5. The molecule has 23 heavy (non-hydrogen) atoms. The van der Waals surface area contributed by atoms with Crippen LogP contribution in [-0.2, 0) is 19.8 Å². The van der Waals surface area contributed by atoms with Gasteiger partial charge in [-0.3, -0.25) is 19.2 Å². The van der Waals surface area contributed by atoms with Crippen molar-refractivity contribution in [1.29, 1.82) is 0 Å². The predicted octanol–water partition coefficient (Wildman–Crippen LogP) is 1.70. The molecule has 1 aromatic carbocycles. The molecule has 6 nitrogen and oxygen atoms in total. The summed E-state index contributed by atoms with van der Waals surface area (Å²) < 4.78 is 0.729. The zero-order chi connectivity index (χ0) is 17.5. The molecule has 2 atom stereocenters. The van der Waals surface area contributed by atoms with E-state index in [2.05, 4.69) is 21.2 Å². The molecule has 1 aliphatic rings. The zero-order valence-electron chi connectivity index (χ0n) is 12.8. The number of carbonyl (C=O) groups is 4. The van der Waals surface area contributed by atoms with Crippen LogP contribution in [0.1, 0.15) is 36.7 Å². The molecule has 0 saturated carbocycles. The number of halogens is 1. The number of carboxylic acid groups (broad SMARTS) is 1. The summed E-state index contributed by atoms with van der Waals surface area (Å²) in [5, 5.41) is 11.1. The van der Waals surface area contributed by atoms with Crippen LogP contribution in [0.15, 0.2) is 22.7 Å². The summed E-state index contributed by atoms with van der Waals surface area (Å²) in [6.07, 6.45) is 0. The van der Waals surface area contributed by atoms with Crippen molar-refractivity contribution in [2.24, 2.45) is 5.92 Å². The second kappa shape index (κ2) is 5.88. The number of hydrogen-bond donors (Lipinski definition) is 2. The van der Waals surface area contributed by atoms with Crippen LogP contribution in [0.25, 0.3) is 0 Å². The average molecular weight is 382 g/mol. The van der Waals surface area contributed by atoms with E-state index in [-0.39, 0.29) is 0 Å². The van der Waals surface area contributed by atoms with Crippen molar-refractivity contribution >= 4 is 39.4 Å². The molecule has 0 fully saturated rings. The van der Waals surface area contributed by atoms with E-state index in [1.54, 1.807) is 32.0 Å². The Hall–Kier alpha value is -2.02. The van der Waals surface area contributed by atoms with E-state index < -0.39 is 40.8 Å². The van der Waals surface area contributed by atoms with Crippen molar-refractivity contribution in [2.45, 2.75) is 32.2 Å². The first-order valence-electron chi connectivity index (χ1n) is 6.99. The summed E-state index contributed by atoms with van der Waals surface area (Å²) in [5.74, 6) is -4.79. The van der Waals surface area contributed by atoms with E-state index in [1.165, 1.54) is 6.92 Å². The highest BCUT2D eigenvalue weighted by molar-refractivity contribution is 9.10. The minimum absolute atomic E-state index is 0.306. The normalized spacial score (nSPS) is 20.6. The van der Waals surface area contributed by atoms with Crippen molar-refractivity contribution in [3.05, 3.63) is 33.8 Å². The van der Waals surface area contributed by atoms with Gasteiger partial charge in [0.25, 0.3) is 0 Å². The lowest BCUT2D eigenvalue weighted by molar-refractivity contribution is -0.143. The fraction of sp³-hybridized carbons (Fsp3) is 0.375. The van der Waals surface area contributed by atoms with Crippen LogP contribution in [-0.4, -0.2) is 34.6 Å². The molecule has 0 spiro atoms. The van der Waals surface area contributed by atoms with Crippen molar-refractivity contribution < 1.29 is 24.3 Å². The number of carboxylic acids is 1. The fourth-order valence-electron chi connectivity index (χ4n) is 2.61. The lowest BCUT2D eigenvalue weighted by atomic mass is 9.66. The molecule has 0 aromatic heterocycles. The van der Waals surface area contributed by atoms with E-state index >= 15 is 0 Å². The number of hydrogen-bond acceptors (Lipinski definition) is 4. The molecule has 2 rings (SSSR count). The molecule has 0 radical (unpaired) electrons. The molecule has 0 bridgehead atoms. The Balaban J connectivity index is 2.46. The lowest BCUT2D eigenvalue weighted by Gasteiger charge is -2.34. The molecule has 1 aliphatic carbocycles. The van der Waals surface area contributed by atoms with Crippen LogP contribution in [0, 0.1) is 5.92 Å². The molecule has 0 saturated heterocycles. The highest BCUT2D eigenvalue weighted by atomic mass is 79.9. The maximum atomic E-state index is 12.7. The first kappa shape index (κ1) is 17.3. The third-order valence-corrected chi connectivity index (χ3v) is 4.55. The number of Topliss-reactive ketones (excluding diaryl/α,β-unsaturated/α-hetero) is 2. The van der Waals surface area contributed by atoms with Crippen LogP contribution < -0.4 is 5.32 Å². The predicted molar refractivity (Wildman–Crippen MR) is 85.2 cm³/mol. The van der Waals surface area contributed by atoms with Gasteiger partial charge in [-0.1, -0.05) is 15.9 Å². The van der Waals surface area contributed by atoms with Gasteiger partial charge in [0.05, 0.1) is 5.41 Å². The molecule has 7 heteroatoms. The number of fused-ring (bicyclic) bond motifs is 1. The second-order valence-electron chi connectivity index (χ2n) is 6.04. The van der Waals surface area contributed by atoms with Crippen molar-refractivity contribution in [1.82, 2.24) is 5.32 Å². The maximum Gasteiger partial charge on any atom is 0.325 e. The van der Waals surface area contributed by atoms with E-state index in [0.717, 1.165) is 4.47 Å². The van der Waals surface area contributed by atoms with Crippen LogP contribution in [0.5, 0.6) is 0 Å². The number of ketones is 2. The van der Waals surface area contributed by atoms with Crippen molar-refractivity contribution in [3.8, 4) is 0 Å². The molecule has 0 aliphatic heterocycles. The van der Waals surface area contributed by atoms with Gasteiger partial charge in [-0.15, -0.1) is 0 Å². The topological polar surface area (TPSA) is 101 Å². The summed E-state index contributed by atoms with van der Waals surface area (Å²) in [4.78, 5) is 48.4. The number of rotatable bonds is 3. The summed E-state index contributed by atoms with van der Waals surface area (Å²) in [7, 11) is 0. The number of aliphatic carboxylic acids is 1. The van der Waals surface area contributed by atoms with Gasteiger partial charge in [0.15, 0.2) is 17.5 Å². The molecule has 1 amide bonds. The Bertz CT molecular complexity index is 725. The monoisotopic (exact) mass is 381 g/mol. The van der Waals surface area contributed by atoms with Gasteiger partial charge < -0.3 is 10.4 Å². The third kappa shape index (κ3) is 2.93. The van der Waals surface area contributed by atoms with Gasteiger partial charge >= 0.3 is 5.97 Å². The second-order valence-corrected chi connectivity index (χ2v) is 6.96. The number of carbonyl (C=O) groups excluding carboxylic acids is 3. The van der Waals surface area contributed by atoms with E-state index in [0.29, 0.717) is 11.1 Å². The minimum atomic E-state index is -1.53. The summed E-state index contributed by atoms with van der Waals surface area (Å²) in [6, 6.07) is 3.74. The Morgan fingerprint density at radius 2 is 1.91 bits per heavy atom.